The van der Waals surface area contributed by atoms with Crippen molar-refractivity contribution in [3.8, 4) is 0 Å². The van der Waals surface area contributed by atoms with Crippen LogP contribution in [0.1, 0.15) is 26.7 Å². The lowest BCUT2D eigenvalue weighted by molar-refractivity contribution is -0.0243. The minimum absolute atomic E-state index is 0.422. The molecule has 0 amide bonds. The van der Waals surface area contributed by atoms with Crippen molar-refractivity contribution in [2.75, 3.05) is 13.2 Å². The summed E-state index contributed by atoms with van der Waals surface area (Å²) in [5.74, 6) is 0.616. The van der Waals surface area contributed by atoms with Gasteiger partial charge in [-0.1, -0.05) is 13.8 Å². The molecular weight excluding hydrogens is 214 g/mol. The summed E-state index contributed by atoms with van der Waals surface area (Å²) in [5.41, 5.74) is 0. The van der Waals surface area contributed by atoms with E-state index in [4.69, 9.17) is 4.74 Å². The van der Waals surface area contributed by atoms with Gasteiger partial charge in [0.1, 0.15) is 0 Å². The number of hydrogen-bond donors (Lipinski definition) is 1. The number of nitrogens with one attached hydrogen (secondary N) is 1. The van der Waals surface area contributed by atoms with E-state index in [9.17, 15) is 0 Å². The third-order valence-corrected chi connectivity index (χ3v) is 3.39. The smallest absolute Gasteiger partial charge is 0.0612 e. The number of hydrogen-bond acceptors (Lipinski definition) is 3. The second-order valence-corrected chi connectivity index (χ2v) is 5.10. The number of aromatic nitrogens is 2. The van der Waals surface area contributed by atoms with Gasteiger partial charge < -0.3 is 10.1 Å². The normalized spacial score (nSPS) is 25.4. The monoisotopic (exact) mass is 237 g/mol. The molecule has 1 aromatic rings. The van der Waals surface area contributed by atoms with Crippen LogP contribution in [-0.2, 0) is 11.3 Å². The molecule has 1 aliphatic heterocycles. The molecule has 0 saturated carbocycles. The first-order valence-corrected chi connectivity index (χ1v) is 6.58. The van der Waals surface area contributed by atoms with E-state index in [-0.39, 0.29) is 0 Å². The molecule has 1 fully saturated rings. The van der Waals surface area contributed by atoms with Crippen LogP contribution < -0.4 is 5.32 Å². The fourth-order valence-electron chi connectivity index (χ4n) is 2.29. The molecule has 0 aromatic carbocycles. The molecule has 0 aliphatic carbocycles. The van der Waals surface area contributed by atoms with E-state index in [2.05, 4.69) is 24.3 Å². The molecule has 2 atom stereocenters. The van der Waals surface area contributed by atoms with Crippen LogP contribution in [0.25, 0.3) is 0 Å². The first-order valence-electron chi connectivity index (χ1n) is 6.58. The van der Waals surface area contributed by atoms with Crippen molar-refractivity contribution in [2.24, 2.45) is 5.92 Å². The highest BCUT2D eigenvalue weighted by atomic mass is 16.5. The Bertz CT molecular complexity index is 310. The first-order chi connectivity index (χ1) is 8.25. The van der Waals surface area contributed by atoms with E-state index in [1.165, 1.54) is 0 Å². The van der Waals surface area contributed by atoms with Gasteiger partial charge in [0.2, 0.25) is 0 Å². The van der Waals surface area contributed by atoms with E-state index in [0.717, 1.165) is 32.5 Å². The molecule has 1 N–H and O–H groups in total. The third-order valence-electron chi connectivity index (χ3n) is 3.39. The highest BCUT2D eigenvalue weighted by molar-refractivity contribution is 4.80. The molecule has 4 heteroatoms. The summed E-state index contributed by atoms with van der Waals surface area (Å²) in [6.07, 6.45) is 6.51. The van der Waals surface area contributed by atoms with Crippen molar-refractivity contribution >= 4 is 0 Å². The highest BCUT2D eigenvalue weighted by Crippen LogP contribution is 2.19. The van der Waals surface area contributed by atoms with E-state index in [1.54, 1.807) is 0 Å². The second kappa shape index (κ2) is 6.17. The quantitative estimate of drug-likeness (QED) is 0.847. The summed E-state index contributed by atoms with van der Waals surface area (Å²) >= 11 is 0. The maximum Gasteiger partial charge on any atom is 0.0612 e. The molecule has 2 unspecified atom stereocenters. The molecule has 0 radical (unpaired) electrons. The summed E-state index contributed by atoms with van der Waals surface area (Å²) < 4.78 is 7.73. The van der Waals surface area contributed by atoms with Crippen LogP contribution in [0.5, 0.6) is 0 Å². The Kier molecular flexibility index (Phi) is 4.57. The molecule has 1 saturated heterocycles. The minimum Gasteiger partial charge on any atom is -0.378 e. The Labute approximate surface area is 103 Å². The Hall–Kier alpha value is -0.870. The van der Waals surface area contributed by atoms with Gasteiger partial charge in [-0.2, -0.15) is 5.10 Å². The van der Waals surface area contributed by atoms with Gasteiger partial charge in [-0.15, -0.1) is 0 Å². The predicted molar refractivity (Wildman–Crippen MR) is 67.8 cm³/mol. The highest BCUT2D eigenvalue weighted by Gasteiger charge is 2.24. The van der Waals surface area contributed by atoms with Gasteiger partial charge in [0.15, 0.2) is 0 Å². The Morgan fingerprint density at radius 3 is 3.12 bits per heavy atom. The van der Waals surface area contributed by atoms with Gasteiger partial charge in [-0.05, 0) is 24.8 Å². The summed E-state index contributed by atoms with van der Waals surface area (Å²) in [6.45, 7) is 7.28. The van der Waals surface area contributed by atoms with Crippen LogP contribution >= 0.6 is 0 Å². The Morgan fingerprint density at radius 1 is 1.53 bits per heavy atom. The molecule has 0 spiro atoms. The van der Waals surface area contributed by atoms with Gasteiger partial charge in [0, 0.05) is 31.6 Å². The zero-order chi connectivity index (χ0) is 12.1. The third kappa shape index (κ3) is 3.82. The molecular formula is C13H23N3O. The topological polar surface area (TPSA) is 39.1 Å². The van der Waals surface area contributed by atoms with Crippen LogP contribution in [0, 0.1) is 5.92 Å². The second-order valence-electron chi connectivity index (χ2n) is 5.10. The van der Waals surface area contributed by atoms with Crippen molar-refractivity contribution < 1.29 is 4.74 Å². The van der Waals surface area contributed by atoms with E-state index < -0.39 is 0 Å². The van der Waals surface area contributed by atoms with E-state index >= 15 is 0 Å². The maximum atomic E-state index is 5.76. The van der Waals surface area contributed by atoms with Crippen molar-refractivity contribution in [3.63, 3.8) is 0 Å². The van der Waals surface area contributed by atoms with Crippen LogP contribution in [-0.4, -0.2) is 35.1 Å². The van der Waals surface area contributed by atoms with E-state index in [1.807, 2.05) is 23.1 Å². The van der Waals surface area contributed by atoms with Gasteiger partial charge in [-0.3, -0.25) is 4.68 Å². The zero-order valence-electron chi connectivity index (χ0n) is 10.8. The standard InChI is InChI=1S/C13H23N3O/c1-11(2)13-10-12(4-9-17-13)14-6-8-16-7-3-5-15-16/h3,5,7,11-14H,4,6,8-10H2,1-2H3. The number of ether oxygens (including phenoxy) is 1. The van der Waals surface area contributed by atoms with Gasteiger partial charge in [-0.25, -0.2) is 0 Å². The summed E-state index contributed by atoms with van der Waals surface area (Å²) in [6, 6.07) is 2.56. The molecule has 0 bridgehead atoms. The lowest BCUT2D eigenvalue weighted by Crippen LogP contribution is -2.41. The largest absolute Gasteiger partial charge is 0.378 e. The summed E-state index contributed by atoms with van der Waals surface area (Å²) in [4.78, 5) is 0. The molecule has 17 heavy (non-hydrogen) atoms. The van der Waals surface area contributed by atoms with Crippen molar-refractivity contribution in [1.29, 1.82) is 0 Å². The fraction of sp³-hybridized carbons (Fsp3) is 0.769. The van der Waals surface area contributed by atoms with Crippen molar-refractivity contribution in [2.45, 2.75) is 45.4 Å². The molecule has 1 aromatic heterocycles. The van der Waals surface area contributed by atoms with E-state index in [0.29, 0.717) is 18.1 Å². The van der Waals surface area contributed by atoms with Crippen molar-refractivity contribution in [3.05, 3.63) is 18.5 Å². The van der Waals surface area contributed by atoms with Crippen LogP contribution in [0.15, 0.2) is 18.5 Å². The SMILES string of the molecule is CC(C)C1CC(NCCn2cccn2)CCO1. The average molecular weight is 237 g/mol. The maximum absolute atomic E-state index is 5.76. The lowest BCUT2D eigenvalue weighted by atomic mass is 9.95. The lowest BCUT2D eigenvalue weighted by Gasteiger charge is -2.32. The zero-order valence-corrected chi connectivity index (χ0v) is 10.8. The van der Waals surface area contributed by atoms with Gasteiger partial charge >= 0.3 is 0 Å². The average Bonchev–Trinajstić information content (AvgIpc) is 2.82. The van der Waals surface area contributed by atoms with Crippen LogP contribution in [0.2, 0.25) is 0 Å². The summed E-state index contributed by atoms with van der Waals surface area (Å²) in [5, 5.41) is 7.80. The Balaban J connectivity index is 1.68. The molecule has 96 valence electrons. The number of rotatable bonds is 5. The number of nitrogens with zero attached hydrogens (tertiary/aromatic N) is 2. The minimum atomic E-state index is 0.422. The van der Waals surface area contributed by atoms with Crippen molar-refractivity contribution in [1.82, 2.24) is 15.1 Å². The predicted octanol–water partition coefficient (Wildman–Crippen LogP) is 1.68. The van der Waals surface area contributed by atoms with Gasteiger partial charge in [0.25, 0.3) is 0 Å². The van der Waals surface area contributed by atoms with Gasteiger partial charge in [0.05, 0.1) is 12.6 Å². The Morgan fingerprint density at radius 2 is 2.41 bits per heavy atom. The fourth-order valence-corrected chi connectivity index (χ4v) is 2.29. The molecule has 4 nitrogen and oxygen atoms in total. The van der Waals surface area contributed by atoms with Crippen LogP contribution in [0.4, 0.5) is 0 Å². The molecule has 2 rings (SSSR count). The first kappa shape index (κ1) is 12.6. The van der Waals surface area contributed by atoms with Crippen LogP contribution in [0.3, 0.4) is 0 Å². The molecule has 2 heterocycles. The molecule has 1 aliphatic rings. The summed E-state index contributed by atoms with van der Waals surface area (Å²) in [7, 11) is 0.